The van der Waals surface area contributed by atoms with E-state index in [-0.39, 0.29) is 0 Å². The van der Waals surface area contributed by atoms with Gasteiger partial charge in [0, 0.05) is 0 Å². The van der Waals surface area contributed by atoms with E-state index >= 15 is 0 Å². The molecule has 0 aliphatic heterocycles. The number of rotatable bonds is 0. The molecule has 2 rings (SSSR count). The molecule has 0 radical (unpaired) electrons. The van der Waals surface area contributed by atoms with Crippen LogP contribution in [0.5, 0.6) is 0 Å². The molecule has 0 saturated carbocycles. The number of fused-ring (bicyclic) bond motifs is 1. The quantitative estimate of drug-likeness (QED) is 0.623. The Morgan fingerprint density at radius 3 is 1.15 bits per heavy atom. The molecule has 64 valence electrons. The van der Waals surface area contributed by atoms with Crippen LogP contribution in [0.4, 0.5) is 0 Å². The van der Waals surface area contributed by atoms with Crippen LogP contribution in [0.1, 0.15) is 0 Å². The summed E-state index contributed by atoms with van der Waals surface area (Å²) in [5.74, 6) is 0. The second-order valence-electron chi connectivity index (χ2n) is 2.43. The zero-order valence-electron chi connectivity index (χ0n) is 6.94. The molecule has 0 spiro atoms. The average molecular weight is 208 g/mol. The van der Waals surface area contributed by atoms with Gasteiger partial charge in [-0.1, -0.05) is 48.5 Å². The standard InChI is InChI=1S/C10H8.2O.Ti/c1-2-6-10-8-4-3-7-9(10)5-1;;;/h1-8H;;;. The summed E-state index contributed by atoms with van der Waals surface area (Å²) in [5, 5.41) is 2.62. The minimum absolute atomic E-state index is 1.31. The normalized spacial score (nSPS) is 8.31. The summed E-state index contributed by atoms with van der Waals surface area (Å²) < 4.78 is 17.0. The van der Waals surface area contributed by atoms with Crippen molar-refractivity contribution in [1.82, 2.24) is 0 Å². The molecule has 0 heterocycles. The predicted molar refractivity (Wildman–Crippen MR) is 45.3 cm³/mol. The van der Waals surface area contributed by atoms with Gasteiger partial charge in [-0.25, -0.2) is 0 Å². The van der Waals surface area contributed by atoms with E-state index in [4.69, 9.17) is 6.65 Å². The molecular weight excluding hydrogens is 200 g/mol. The first-order chi connectivity index (χ1) is 6.38. The molecule has 2 nitrogen and oxygen atoms in total. The molecule has 0 saturated heterocycles. The summed E-state index contributed by atoms with van der Waals surface area (Å²) in [5.41, 5.74) is 0. The Balaban J connectivity index is 0.000000251. The predicted octanol–water partition coefficient (Wildman–Crippen LogP) is 2.60. The van der Waals surface area contributed by atoms with Gasteiger partial charge in [0.15, 0.2) is 0 Å². The molecule has 0 aliphatic rings. The molecule has 0 atom stereocenters. The molecule has 0 aliphatic carbocycles. The van der Waals surface area contributed by atoms with E-state index in [2.05, 4.69) is 48.5 Å². The zero-order chi connectivity index (χ0) is 9.52. The van der Waals surface area contributed by atoms with Gasteiger partial charge in [0.2, 0.25) is 0 Å². The molecule has 2 aromatic rings. The van der Waals surface area contributed by atoms with Gasteiger partial charge >= 0.3 is 25.7 Å². The largest absolute Gasteiger partial charge is 0.0616 e. The fourth-order valence-electron chi connectivity index (χ4n) is 1.13. The molecule has 2 aromatic carbocycles. The minimum Gasteiger partial charge on any atom is -0.0616 e. The Hall–Kier alpha value is -0.986. The molecule has 3 heteroatoms. The topological polar surface area (TPSA) is 34.1 Å². The van der Waals surface area contributed by atoms with Crippen molar-refractivity contribution in [1.29, 1.82) is 0 Å². The van der Waals surface area contributed by atoms with Gasteiger partial charge in [-0.2, -0.15) is 0 Å². The van der Waals surface area contributed by atoms with Crippen LogP contribution in [-0.4, -0.2) is 0 Å². The Labute approximate surface area is 85.2 Å². The summed E-state index contributed by atoms with van der Waals surface area (Å²) >= 11 is -2.00. The van der Waals surface area contributed by atoms with Gasteiger partial charge in [-0.05, 0) is 10.8 Å². The maximum absolute atomic E-state index is 8.50. The molecule has 0 unspecified atom stereocenters. The Kier molecular flexibility index (Phi) is 4.37. The first-order valence-electron chi connectivity index (χ1n) is 3.81. The SMILES string of the molecule is [O]=[Ti]=[O].c1ccc2ccccc2c1. The maximum atomic E-state index is 8.50. The number of benzene rings is 2. The van der Waals surface area contributed by atoms with E-state index in [9.17, 15) is 0 Å². The van der Waals surface area contributed by atoms with Crippen molar-refractivity contribution in [2.45, 2.75) is 0 Å². The first kappa shape index (κ1) is 10.1. The van der Waals surface area contributed by atoms with Gasteiger partial charge in [0.25, 0.3) is 0 Å². The fourth-order valence-corrected chi connectivity index (χ4v) is 1.13. The van der Waals surface area contributed by atoms with Crippen molar-refractivity contribution >= 4 is 10.8 Å². The molecule has 0 aromatic heterocycles. The second kappa shape index (κ2) is 5.62. The van der Waals surface area contributed by atoms with E-state index in [1.54, 1.807) is 0 Å². The molecule has 0 fully saturated rings. The summed E-state index contributed by atoms with van der Waals surface area (Å²) in [7, 11) is 0. The number of hydrogen-bond acceptors (Lipinski definition) is 2. The van der Waals surface area contributed by atoms with Crippen LogP contribution in [0, 0.1) is 0 Å². The molecule has 0 amide bonds. The number of hydrogen-bond donors (Lipinski definition) is 0. The monoisotopic (exact) mass is 208 g/mol. The Bertz CT molecular complexity index is 354. The maximum Gasteiger partial charge on any atom is -0.0184 e. The third-order valence-electron chi connectivity index (χ3n) is 1.66. The summed E-state index contributed by atoms with van der Waals surface area (Å²) in [6.45, 7) is 0. The average Bonchev–Trinajstić information content (AvgIpc) is 2.19. The van der Waals surface area contributed by atoms with E-state index in [0.29, 0.717) is 0 Å². The van der Waals surface area contributed by atoms with Gasteiger partial charge in [-0.3, -0.25) is 0 Å². The summed E-state index contributed by atoms with van der Waals surface area (Å²) in [4.78, 5) is 0. The van der Waals surface area contributed by atoms with Crippen molar-refractivity contribution in [3.05, 3.63) is 48.5 Å². The van der Waals surface area contributed by atoms with Crippen LogP contribution in [-0.2, 0) is 25.7 Å². The fraction of sp³-hybridized carbons (Fsp3) is 0. The van der Waals surface area contributed by atoms with Crippen LogP contribution in [0.2, 0.25) is 0 Å². The minimum atomic E-state index is -2.00. The summed E-state index contributed by atoms with van der Waals surface area (Å²) in [6.07, 6.45) is 0. The molecule has 0 N–H and O–H groups in total. The van der Waals surface area contributed by atoms with E-state index < -0.39 is 19.1 Å². The summed E-state index contributed by atoms with van der Waals surface area (Å²) in [6, 6.07) is 16.7. The van der Waals surface area contributed by atoms with E-state index in [0.717, 1.165) is 0 Å². The van der Waals surface area contributed by atoms with Gasteiger partial charge < -0.3 is 0 Å². The zero-order valence-corrected chi connectivity index (χ0v) is 8.50. The van der Waals surface area contributed by atoms with Crippen molar-refractivity contribution < 1.29 is 25.7 Å². The Morgan fingerprint density at radius 2 is 0.923 bits per heavy atom. The van der Waals surface area contributed by atoms with Crippen LogP contribution in [0.15, 0.2) is 48.5 Å². The van der Waals surface area contributed by atoms with E-state index in [1.807, 2.05) is 0 Å². The van der Waals surface area contributed by atoms with Crippen LogP contribution >= 0.6 is 0 Å². The third kappa shape index (κ3) is 3.09. The molecule has 0 bridgehead atoms. The second-order valence-corrected chi connectivity index (χ2v) is 2.69. The van der Waals surface area contributed by atoms with E-state index in [1.165, 1.54) is 10.8 Å². The molecule has 13 heavy (non-hydrogen) atoms. The van der Waals surface area contributed by atoms with Crippen LogP contribution < -0.4 is 0 Å². The van der Waals surface area contributed by atoms with Gasteiger partial charge in [0.1, 0.15) is 0 Å². The van der Waals surface area contributed by atoms with Crippen molar-refractivity contribution in [3.63, 3.8) is 0 Å². The van der Waals surface area contributed by atoms with Crippen molar-refractivity contribution in [3.8, 4) is 0 Å². The van der Waals surface area contributed by atoms with Crippen molar-refractivity contribution in [2.75, 3.05) is 0 Å². The Morgan fingerprint density at radius 1 is 0.692 bits per heavy atom. The van der Waals surface area contributed by atoms with Crippen LogP contribution in [0.25, 0.3) is 10.8 Å². The molecular formula is C10H8O2Ti. The van der Waals surface area contributed by atoms with Crippen molar-refractivity contribution in [2.24, 2.45) is 0 Å². The third-order valence-corrected chi connectivity index (χ3v) is 1.66. The van der Waals surface area contributed by atoms with Gasteiger partial charge in [0.05, 0.1) is 0 Å². The first-order valence-corrected chi connectivity index (χ1v) is 5.09. The smallest absolute Gasteiger partial charge is 0.0184 e. The van der Waals surface area contributed by atoms with Crippen LogP contribution in [0.3, 0.4) is 0 Å². The van der Waals surface area contributed by atoms with Gasteiger partial charge in [-0.15, -0.1) is 0 Å².